The molecule has 15 heavy (non-hydrogen) atoms. The van der Waals surface area contributed by atoms with Crippen molar-refractivity contribution in [3.05, 3.63) is 29.6 Å². The van der Waals surface area contributed by atoms with Crippen molar-refractivity contribution in [1.29, 1.82) is 0 Å². The quantitative estimate of drug-likeness (QED) is 0.823. The maximum Gasteiger partial charge on any atom is 0.165 e. The fourth-order valence-electron chi connectivity index (χ4n) is 1.86. The average Bonchev–Trinajstić information content (AvgIpc) is 2.26. The number of rotatable bonds is 3. The Morgan fingerprint density at radius 2 is 2.40 bits per heavy atom. The zero-order valence-corrected chi connectivity index (χ0v) is 8.92. The van der Waals surface area contributed by atoms with E-state index < -0.39 is 0 Å². The van der Waals surface area contributed by atoms with E-state index in [-0.39, 0.29) is 5.82 Å². The third-order valence-corrected chi connectivity index (χ3v) is 2.63. The van der Waals surface area contributed by atoms with Crippen LogP contribution in [0.1, 0.15) is 18.9 Å². The van der Waals surface area contributed by atoms with Crippen molar-refractivity contribution >= 4 is 0 Å². The molecule has 1 aliphatic heterocycles. The Kier molecular flexibility index (Phi) is 3.21. The van der Waals surface area contributed by atoms with Crippen molar-refractivity contribution in [3.8, 4) is 5.75 Å². The predicted octanol–water partition coefficient (Wildman–Crippen LogP) is 2.13. The van der Waals surface area contributed by atoms with E-state index in [0.29, 0.717) is 18.4 Å². The second-order valence-electron chi connectivity index (χ2n) is 3.89. The summed E-state index contributed by atoms with van der Waals surface area (Å²) in [5.41, 5.74) is 0.967. The number of fused-ring (bicyclic) bond motifs is 1. The fraction of sp³-hybridized carbons (Fsp3) is 0.500. The Bertz CT molecular complexity index is 340. The second-order valence-corrected chi connectivity index (χ2v) is 3.89. The van der Waals surface area contributed by atoms with Gasteiger partial charge >= 0.3 is 0 Å². The lowest BCUT2D eigenvalue weighted by Crippen LogP contribution is -2.39. The Balaban J connectivity index is 2.07. The first-order valence-electron chi connectivity index (χ1n) is 5.45. The first kappa shape index (κ1) is 10.4. The summed E-state index contributed by atoms with van der Waals surface area (Å²) in [6, 6.07) is 5.43. The Morgan fingerprint density at radius 3 is 3.20 bits per heavy atom. The van der Waals surface area contributed by atoms with Gasteiger partial charge in [-0.25, -0.2) is 4.39 Å². The number of hydrogen-bond acceptors (Lipinski definition) is 2. The van der Waals surface area contributed by atoms with Crippen molar-refractivity contribution in [2.45, 2.75) is 25.8 Å². The predicted molar refractivity (Wildman–Crippen MR) is 57.7 cm³/mol. The molecule has 1 unspecified atom stereocenters. The number of ether oxygens (including phenoxy) is 1. The highest BCUT2D eigenvalue weighted by atomic mass is 19.1. The van der Waals surface area contributed by atoms with Crippen LogP contribution < -0.4 is 10.1 Å². The van der Waals surface area contributed by atoms with Gasteiger partial charge in [-0.3, -0.25) is 0 Å². The van der Waals surface area contributed by atoms with Crippen LogP contribution in [-0.2, 0) is 6.42 Å². The molecule has 1 aromatic carbocycles. The van der Waals surface area contributed by atoms with Crippen LogP contribution in [0.3, 0.4) is 0 Å². The molecule has 82 valence electrons. The summed E-state index contributed by atoms with van der Waals surface area (Å²) in [7, 11) is 0. The molecule has 0 saturated heterocycles. The molecule has 2 nitrogen and oxygen atoms in total. The molecule has 0 fully saturated rings. The van der Waals surface area contributed by atoms with Gasteiger partial charge in [0, 0.05) is 6.04 Å². The molecule has 0 bridgehead atoms. The molecular weight excluding hydrogens is 193 g/mol. The van der Waals surface area contributed by atoms with Crippen LogP contribution >= 0.6 is 0 Å². The van der Waals surface area contributed by atoms with E-state index >= 15 is 0 Å². The Hall–Kier alpha value is -1.09. The minimum atomic E-state index is -0.249. The largest absolute Gasteiger partial charge is 0.489 e. The lowest BCUT2D eigenvalue weighted by molar-refractivity contribution is 0.228. The molecule has 0 amide bonds. The summed E-state index contributed by atoms with van der Waals surface area (Å²) < 4.78 is 18.7. The molecule has 3 heteroatoms. The van der Waals surface area contributed by atoms with Crippen LogP contribution in [0, 0.1) is 5.82 Å². The zero-order valence-electron chi connectivity index (χ0n) is 8.92. The number of hydrogen-bond donors (Lipinski definition) is 1. The zero-order chi connectivity index (χ0) is 10.7. The maximum atomic E-state index is 13.3. The van der Waals surface area contributed by atoms with Gasteiger partial charge in [0.15, 0.2) is 11.6 Å². The number of benzene rings is 1. The summed E-state index contributed by atoms with van der Waals surface area (Å²) in [5.74, 6) is 0.188. The van der Waals surface area contributed by atoms with E-state index in [1.54, 1.807) is 6.07 Å². The summed E-state index contributed by atoms with van der Waals surface area (Å²) >= 11 is 0. The minimum absolute atomic E-state index is 0.249. The van der Waals surface area contributed by atoms with Crippen molar-refractivity contribution in [1.82, 2.24) is 5.32 Å². The van der Waals surface area contributed by atoms with Crippen LogP contribution in [0.25, 0.3) is 0 Å². The highest BCUT2D eigenvalue weighted by Gasteiger charge is 2.21. The molecule has 0 spiro atoms. The van der Waals surface area contributed by atoms with Crippen LogP contribution in [-0.4, -0.2) is 19.2 Å². The van der Waals surface area contributed by atoms with Gasteiger partial charge in [-0.15, -0.1) is 0 Å². The van der Waals surface area contributed by atoms with E-state index in [1.165, 1.54) is 6.07 Å². The van der Waals surface area contributed by atoms with Gasteiger partial charge in [-0.05, 0) is 31.0 Å². The number of para-hydroxylation sites is 1. The van der Waals surface area contributed by atoms with E-state index in [2.05, 4.69) is 12.2 Å². The first-order valence-corrected chi connectivity index (χ1v) is 5.45. The maximum absolute atomic E-state index is 13.3. The molecule has 0 aliphatic carbocycles. The molecule has 1 atom stereocenters. The third-order valence-electron chi connectivity index (χ3n) is 2.63. The topological polar surface area (TPSA) is 21.3 Å². The van der Waals surface area contributed by atoms with Gasteiger partial charge in [0.1, 0.15) is 6.61 Å². The molecule has 0 radical (unpaired) electrons. The smallest absolute Gasteiger partial charge is 0.165 e. The minimum Gasteiger partial charge on any atom is -0.489 e. The van der Waals surface area contributed by atoms with Crippen LogP contribution in [0.2, 0.25) is 0 Å². The molecule has 1 heterocycles. The van der Waals surface area contributed by atoms with E-state index in [0.717, 1.165) is 24.9 Å². The van der Waals surface area contributed by atoms with Crippen LogP contribution in [0.4, 0.5) is 4.39 Å². The third kappa shape index (κ3) is 2.29. The first-order chi connectivity index (χ1) is 7.31. The van der Waals surface area contributed by atoms with E-state index in [4.69, 9.17) is 4.74 Å². The van der Waals surface area contributed by atoms with Gasteiger partial charge in [0.05, 0.1) is 0 Å². The lowest BCUT2D eigenvalue weighted by atomic mass is 10.0. The summed E-state index contributed by atoms with van der Waals surface area (Å²) in [6.45, 7) is 3.68. The van der Waals surface area contributed by atoms with Crippen LogP contribution in [0.5, 0.6) is 5.75 Å². The van der Waals surface area contributed by atoms with Gasteiger partial charge in [-0.1, -0.05) is 19.1 Å². The molecule has 1 aliphatic rings. The molecule has 1 N–H and O–H groups in total. The lowest BCUT2D eigenvalue weighted by Gasteiger charge is -2.26. The number of halogens is 1. The van der Waals surface area contributed by atoms with Crippen LogP contribution in [0.15, 0.2) is 18.2 Å². The van der Waals surface area contributed by atoms with Gasteiger partial charge in [-0.2, -0.15) is 0 Å². The number of nitrogens with one attached hydrogen (secondary N) is 1. The molecule has 0 saturated carbocycles. The molecular formula is C12H16FNO. The monoisotopic (exact) mass is 209 g/mol. The normalized spacial score (nSPS) is 19.5. The van der Waals surface area contributed by atoms with Gasteiger partial charge in [0.25, 0.3) is 0 Å². The molecule has 0 aromatic heterocycles. The molecule has 2 rings (SSSR count). The van der Waals surface area contributed by atoms with E-state index in [9.17, 15) is 4.39 Å². The standard InChI is InChI=1S/C12H16FNO/c1-2-6-14-10-7-9-4-3-5-11(13)12(9)15-8-10/h3-5,10,14H,2,6-8H2,1H3. The van der Waals surface area contributed by atoms with Gasteiger partial charge in [0.2, 0.25) is 0 Å². The average molecular weight is 209 g/mol. The van der Waals surface area contributed by atoms with Crippen molar-refractivity contribution < 1.29 is 9.13 Å². The fourth-order valence-corrected chi connectivity index (χ4v) is 1.86. The second kappa shape index (κ2) is 4.62. The Morgan fingerprint density at radius 1 is 1.53 bits per heavy atom. The summed E-state index contributed by atoms with van der Waals surface area (Å²) in [4.78, 5) is 0. The van der Waals surface area contributed by atoms with Gasteiger partial charge < -0.3 is 10.1 Å². The van der Waals surface area contributed by atoms with Crippen molar-refractivity contribution in [2.75, 3.05) is 13.2 Å². The highest BCUT2D eigenvalue weighted by Crippen LogP contribution is 2.27. The Labute approximate surface area is 89.4 Å². The SMILES string of the molecule is CCCNC1COc2c(F)cccc2C1. The molecule has 1 aromatic rings. The summed E-state index contributed by atoms with van der Waals surface area (Å²) in [5, 5.41) is 3.38. The van der Waals surface area contributed by atoms with Crippen molar-refractivity contribution in [3.63, 3.8) is 0 Å². The summed E-state index contributed by atoms with van der Waals surface area (Å²) in [6.07, 6.45) is 1.96. The van der Waals surface area contributed by atoms with E-state index in [1.807, 2.05) is 6.07 Å². The van der Waals surface area contributed by atoms with Crippen molar-refractivity contribution in [2.24, 2.45) is 0 Å². The highest BCUT2D eigenvalue weighted by molar-refractivity contribution is 5.37.